The number of hydrogen-bond donors (Lipinski definition) is 0. The summed E-state index contributed by atoms with van der Waals surface area (Å²) in [4.78, 5) is 9.94. The minimum Gasteiger partial charge on any atom is -0.228 e. The smallest absolute Gasteiger partial charge is 0.160 e. The molecule has 4 aromatic rings. The summed E-state index contributed by atoms with van der Waals surface area (Å²) in [6, 6.07) is 30.1. The number of hydrogen-bond acceptors (Lipinski definition) is 2. The second-order valence-corrected chi connectivity index (χ2v) is 10.7. The van der Waals surface area contributed by atoms with Crippen molar-refractivity contribution in [2.45, 2.75) is 39.0 Å². The zero-order chi connectivity index (χ0) is 28.0. The SMILES string of the molecule is C=C/C=C\C=C(/C)c1cc(-c2ccccc2)nc(-c2ccc(C(C)(C)c3ccc(C4=CCCC=C4)cc3)cc2)n1. The van der Waals surface area contributed by atoms with Gasteiger partial charge in [-0.15, -0.1) is 0 Å². The standard InChI is InChI=1S/C38H36N2/c1-5-6-9-14-28(2)35-27-36(31-17-12-8-13-18-31)40-37(39-35)32-21-25-34(26-22-32)38(3,4)33-23-19-30(20-24-33)29-15-10-7-11-16-29/h5-6,8-10,12-27H,1,7,11H2,2-4H3/b9-6-,28-14+. The highest BCUT2D eigenvalue weighted by Crippen LogP contribution is 2.34. The van der Waals surface area contributed by atoms with E-state index in [0.29, 0.717) is 0 Å². The molecule has 0 spiro atoms. The fraction of sp³-hybridized carbons (Fsp3) is 0.158. The van der Waals surface area contributed by atoms with Crippen LogP contribution in [-0.4, -0.2) is 9.97 Å². The summed E-state index contributed by atoms with van der Waals surface area (Å²) in [5.41, 5.74) is 9.97. The van der Waals surface area contributed by atoms with Gasteiger partial charge in [0.1, 0.15) is 0 Å². The summed E-state index contributed by atoms with van der Waals surface area (Å²) < 4.78 is 0. The van der Waals surface area contributed by atoms with Gasteiger partial charge >= 0.3 is 0 Å². The molecule has 0 atom stereocenters. The van der Waals surface area contributed by atoms with Crippen molar-refractivity contribution < 1.29 is 0 Å². The van der Waals surface area contributed by atoms with Crippen molar-refractivity contribution in [2.75, 3.05) is 0 Å². The lowest BCUT2D eigenvalue weighted by Crippen LogP contribution is -2.18. The molecule has 0 saturated heterocycles. The molecule has 5 rings (SSSR count). The molecule has 2 heteroatoms. The first-order valence-electron chi connectivity index (χ1n) is 13.9. The van der Waals surface area contributed by atoms with Crippen molar-refractivity contribution in [1.29, 1.82) is 0 Å². The van der Waals surface area contributed by atoms with E-state index < -0.39 is 0 Å². The third-order valence-electron chi connectivity index (χ3n) is 7.59. The molecule has 198 valence electrons. The van der Waals surface area contributed by atoms with E-state index in [1.807, 2.05) is 30.4 Å². The van der Waals surface area contributed by atoms with Gasteiger partial charge in [0.25, 0.3) is 0 Å². The van der Waals surface area contributed by atoms with Gasteiger partial charge in [0.15, 0.2) is 5.82 Å². The molecule has 0 saturated carbocycles. The van der Waals surface area contributed by atoms with Gasteiger partial charge in [-0.2, -0.15) is 0 Å². The molecule has 0 unspecified atom stereocenters. The molecule has 0 radical (unpaired) electrons. The van der Waals surface area contributed by atoms with Crippen LogP contribution in [0.15, 0.2) is 134 Å². The third kappa shape index (κ3) is 6.02. The first-order valence-corrected chi connectivity index (χ1v) is 13.9. The summed E-state index contributed by atoms with van der Waals surface area (Å²) in [7, 11) is 0. The van der Waals surface area contributed by atoms with Gasteiger partial charge in [-0.1, -0.05) is 142 Å². The molecule has 2 nitrogen and oxygen atoms in total. The van der Waals surface area contributed by atoms with Crippen molar-refractivity contribution in [3.63, 3.8) is 0 Å². The van der Waals surface area contributed by atoms with Crippen molar-refractivity contribution in [1.82, 2.24) is 9.97 Å². The molecular formula is C38H36N2. The quantitative estimate of drug-likeness (QED) is 0.216. The molecule has 1 aliphatic carbocycles. The topological polar surface area (TPSA) is 25.8 Å². The second-order valence-electron chi connectivity index (χ2n) is 10.7. The zero-order valence-corrected chi connectivity index (χ0v) is 23.6. The number of allylic oxidation sites excluding steroid dienone is 9. The fourth-order valence-electron chi connectivity index (χ4n) is 5.01. The minimum absolute atomic E-state index is 0.136. The Hall–Kier alpha value is -4.56. The molecule has 1 aromatic heterocycles. The van der Waals surface area contributed by atoms with Crippen molar-refractivity contribution in [3.05, 3.63) is 156 Å². The normalized spacial score (nSPS) is 13.9. The molecule has 0 fully saturated rings. The third-order valence-corrected chi connectivity index (χ3v) is 7.59. The first kappa shape index (κ1) is 27.0. The molecule has 3 aromatic carbocycles. The van der Waals surface area contributed by atoms with Crippen molar-refractivity contribution >= 4 is 11.1 Å². The van der Waals surface area contributed by atoms with Gasteiger partial charge in [-0.25, -0.2) is 9.97 Å². The predicted octanol–water partition coefficient (Wildman–Crippen LogP) is 10.0. The zero-order valence-electron chi connectivity index (χ0n) is 23.6. The lowest BCUT2D eigenvalue weighted by molar-refractivity contribution is 0.641. The fourth-order valence-corrected chi connectivity index (χ4v) is 5.01. The van der Waals surface area contributed by atoms with Crippen molar-refractivity contribution in [2.24, 2.45) is 0 Å². The van der Waals surface area contributed by atoms with E-state index in [0.717, 1.165) is 46.8 Å². The molecule has 40 heavy (non-hydrogen) atoms. The summed E-state index contributed by atoms with van der Waals surface area (Å²) in [6.45, 7) is 10.4. The van der Waals surface area contributed by atoms with Crippen LogP contribution in [0.5, 0.6) is 0 Å². The van der Waals surface area contributed by atoms with Gasteiger partial charge in [0.2, 0.25) is 0 Å². The number of rotatable bonds is 8. The predicted molar refractivity (Wildman–Crippen MR) is 171 cm³/mol. The average molecular weight is 521 g/mol. The van der Waals surface area contributed by atoms with Gasteiger partial charge in [0, 0.05) is 16.5 Å². The van der Waals surface area contributed by atoms with Crippen LogP contribution in [0.1, 0.15) is 56.0 Å². The maximum Gasteiger partial charge on any atom is 0.160 e. The van der Waals surface area contributed by atoms with Crippen LogP contribution in [0.2, 0.25) is 0 Å². The van der Waals surface area contributed by atoms with Crippen LogP contribution in [0.25, 0.3) is 33.8 Å². The van der Waals surface area contributed by atoms with E-state index in [2.05, 4.69) is 118 Å². The van der Waals surface area contributed by atoms with Crippen LogP contribution in [-0.2, 0) is 5.41 Å². The Balaban J connectivity index is 1.46. The largest absolute Gasteiger partial charge is 0.228 e. The average Bonchev–Trinajstić information content (AvgIpc) is 3.02. The molecule has 1 aliphatic rings. The Morgan fingerprint density at radius 2 is 1.45 bits per heavy atom. The highest BCUT2D eigenvalue weighted by Gasteiger charge is 2.23. The number of nitrogens with zero attached hydrogens (tertiary/aromatic N) is 2. The Morgan fingerprint density at radius 1 is 0.775 bits per heavy atom. The van der Waals surface area contributed by atoms with E-state index in [1.165, 1.54) is 22.3 Å². The van der Waals surface area contributed by atoms with Crippen LogP contribution in [0, 0.1) is 0 Å². The number of benzene rings is 3. The summed E-state index contributed by atoms with van der Waals surface area (Å²) in [5.74, 6) is 0.722. The molecule has 0 N–H and O–H groups in total. The van der Waals surface area contributed by atoms with E-state index in [-0.39, 0.29) is 5.41 Å². The summed E-state index contributed by atoms with van der Waals surface area (Å²) in [6.07, 6.45) is 16.8. The minimum atomic E-state index is -0.136. The van der Waals surface area contributed by atoms with Gasteiger partial charge in [0.05, 0.1) is 11.4 Å². The highest BCUT2D eigenvalue weighted by atomic mass is 14.9. The van der Waals surface area contributed by atoms with Gasteiger partial charge in [-0.3, -0.25) is 0 Å². The summed E-state index contributed by atoms with van der Waals surface area (Å²) >= 11 is 0. The molecular weight excluding hydrogens is 484 g/mol. The summed E-state index contributed by atoms with van der Waals surface area (Å²) in [5, 5.41) is 0. The van der Waals surface area contributed by atoms with Crippen molar-refractivity contribution in [3.8, 4) is 22.6 Å². The van der Waals surface area contributed by atoms with Crippen LogP contribution in [0.4, 0.5) is 0 Å². The molecule has 0 bridgehead atoms. The van der Waals surface area contributed by atoms with Crippen LogP contribution < -0.4 is 0 Å². The second kappa shape index (κ2) is 12.1. The van der Waals surface area contributed by atoms with E-state index in [4.69, 9.17) is 9.97 Å². The number of aromatic nitrogens is 2. The molecule has 1 heterocycles. The van der Waals surface area contributed by atoms with Gasteiger partial charge in [-0.05, 0) is 53.7 Å². The highest BCUT2D eigenvalue weighted by molar-refractivity contribution is 5.75. The van der Waals surface area contributed by atoms with E-state index >= 15 is 0 Å². The maximum absolute atomic E-state index is 4.97. The monoisotopic (exact) mass is 520 g/mol. The van der Waals surface area contributed by atoms with Crippen LogP contribution >= 0.6 is 0 Å². The van der Waals surface area contributed by atoms with E-state index in [1.54, 1.807) is 6.08 Å². The Labute approximate surface area is 238 Å². The maximum atomic E-state index is 4.97. The lowest BCUT2D eigenvalue weighted by Gasteiger charge is -2.26. The Morgan fingerprint density at radius 3 is 2.08 bits per heavy atom. The molecule has 0 aliphatic heterocycles. The lowest BCUT2D eigenvalue weighted by atomic mass is 9.77. The Kier molecular flexibility index (Phi) is 8.17. The first-order chi connectivity index (χ1) is 19.5. The van der Waals surface area contributed by atoms with Gasteiger partial charge < -0.3 is 0 Å². The van der Waals surface area contributed by atoms with Crippen LogP contribution in [0.3, 0.4) is 0 Å². The van der Waals surface area contributed by atoms with E-state index in [9.17, 15) is 0 Å². The molecule has 0 amide bonds. The Bertz CT molecular complexity index is 1600.